The number of urea groups is 1. The number of carbonyl (C=O) groups is 1. The van der Waals surface area contributed by atoms with Gasteiger partial charge in [-0.3, -0.25) is 10.3 Å². The van der Waals surface area contributed by atoms with Gasteiger partial charge in [-0.25, -0.2) is 9.48 Å². The Kier molecular flexibility index (Phi) is 5.63. The van der Waals surface area contributed by atoms with Gasteiger partial charge in [0.15, 0.2) is 0 Å². The van der Waals surface area contributed by atoms with Crippen molar-refractivity contribution in [3.05, 3.63) is 66.6 Å². The van der Waals surface area contributed by atoms with Gasteiger partial charge in [-0.1, -0.05) is 38.1 Å². The van der Waals surface area contributed by atoms with Gasteiger partial charge in [-0.2, -0.15) is 5.10 Å². The Morgan fingerprint density at radius 3 is 2.38 bits per heavy atom. The highest BCUT2D eigenvalue weighted by atomic mass is 16.2. The molecule has 0 aliphatic carbocycles. The number of amides is 2. The van der Waals surface area contributed by atoms with Crippen molar-refractivity contribution >= 4 is 11.8 Å². The molecule has 26 heavy (non-hydrogen) atoms. The summed E-state index contributed by atoms with van der Waals surface area (Å²) in [6, 6.07) is 13.6. The fourth-order valence-electron chi connectivity index (χ4n) is 2.63. The zero-order valence-corrected chi connectivity index (χ0v) is 15.0. The van der Waals surface area contributed by atoms with E-state index in [1.54, 1.807) is 29.3 Å². The van der Waals surface area contributed by atoms with Crippen molar-refractivity contribution < 1.29 is 4.79 Å². The smallest absolute Gasteiger partial charge is 0.320 e. The molecule has 3 aromatic rings. The average Bonchev–Trinajstić information content (AvgIpc) is 3.07. The molecule has 2 heterocycles. The van der Waals surface area contributed by atoms with Crippen LogP contribution in [0, 0.1) is 5.92 Å². The molecule has 6 nitrogen and oxygen atoms in total. The molecule has 3 rings (SSSR count). The quantitative estimate of drug-likeness (QED) is 0.708. The molecule has 0 aliphatic heterocycles. The number of aromatic nitrogens is 3. The molecule has 0 spiro atoms. The number of nitrogens with zero attached hydrogens (tertiary/aromatic N) is 3. The topological polar surface area (TPSA) is 71.8 Å². The highest BCUT2D eigenvalue weighted by Crippen LogP contribution is 2.18. The van der Waals surface area contributed by atoms with Gasteiger partial charge < -0.3 is 5.32 Å². The number of benzene rings is 1. The highest BCUT2D eigenvalue weighted by molar-refractivity contribution is 5.88. The van der Waals surface area contributed by atoms with E-state index in [-0.39, 0.29) is 6.03 Å². The normalized spacial score (nSPS) is 10.7. The summed E-state index contributed by atoms with van der Waals surface area (Å²) in [5.74, 6) is 1.15. The van der Waals surface area contributed by atoms with Crippen LogP contribution in [0.3, 0.4) is 0 Å². The molecule has 1 aromatic carbocycles. The Hall–Kier alpha value is -3.15. The van der Waals surface area contributed by atoms with Gasteiger partial charge in [0.25, 0.3) is 0 Å². The first-order chi connectivity index (χ1) is 12.6. The summed E-state index contributed by atoms with van der Waals surface area (Å²) >= 11 is 0. The van der Waals surface area contributed by atoms with Crippen LogP contribution >= 0.6 is 0 Å². The lowest BCUT2D eigenvalue weighted by Gasteiger charge is -2.12. The predicted molar refractivity (Wildman–Crippen MR) is 103 cm³/mol. The van der Waals surface area contributed by atoms with Crippen molar-refractivity contribution in [2.75, 3.05) is 5.32 Å². The Morgan fingerprint density at radius 2 is 1.69 bits per heavy atom. The summed E-state index contributed by atoms with van der Waals surface area (Å²) in [6.45, 7) is 5.45. The third-order valence-corrected chi connectivity index (χ3v) is 3.92. The van der Waals surface area contributed by atoms with Gasteiger partial charge in [0.1, 0.15) is 5.82 Å². The SMILES string of the molecule is CC(C)Cn1nccc1NC(=O)NCc1ccc(-c2ccncc2)cc1. The molecule has 0 saturated carbocycles. The summed E-state index contributed by atoms with van der Waals surface area (Å²) < 4.78 is 1.80. The molecule has 0 fully saturated rings. The van der Waals surface area contributed by atoms with E-state index in [9.17, 15) is 4.79 Å². The van der Waals surface area contributed by atoms with Crippen LogP contribution in [-0.2, 0) is 13.1 Å². The van der Waals surface area contributed by atoms with E-state index < -0.39 is 0 Å². The van der Waals surface area contributed by atoms with E-state index in [1.807, 2.05) is 36.4 Å². The van der Waals surface area contributed by atoms with Crippen molar-refractivity contribution in [3.8, 4) is 11.1 Å². The van der Waals surface area contributed by atoms with Gasteiger partial charge in [-0.15, -0.1) is 0 Å². The van der Waals surface area contributed by atoms with Crippen LogP contribution in [0.1, 0.15) is 19.4 Å². The van der Waals surface area contributed by atoms with Gasteiger partial charge in [0.2, 0.25) is 0 Å². The van der Waals surface area contributed by atoms with E-state index in [0.717, 1.165) is 23.2 Å². The molecule has 6 heteroatoms. The summed E-state index contributed by atoms with van der Waals surface area (Å²) in [5.41, 5.74) is 3.28. The largest absolute Gasteiger partial charge is 0.334 e. The fourth-order valence-corrected chi connectivity index (χ4v) is 2.63. The zero-order valence-electron chi connectivity index (χ0n) is 15.0. The minimum absolute atomic E-state index is 0.242. The molecule has 0 bridgehead atoms. The number of hydrogen-bond acceptors (Lipinski definition) is 3. The van der Waals surface area contributed by atoms with Crippen molar-refractivity contribution in [1.82, 2.24) is 20.1 Å². The van der Waals surface area contributed by atoms with Crippen LogP contribution in [0.15, 0.2) is 61.1 Å². The average molecular weight is 349 g/mol. The van der Waals surface area contributed by atoms with Crippen LogP contribution in [0.4, 0.5) is 10.6 Å². The molecular formula is C20H23N5O. The van der Waals surface area contributed by atoms with E-state index in [4.69, 9.17) is 0 Å². The number of pyridine rings is 1. The van der Waals surface area contributed by atoms with Gasteiger partial charge >= 0.3 is 6.03 Å². The first-order valence-corrected chi connectivity index (χ1v) is 8.68. The van der Waals surface area contributed by atoms with Crippen LogP contribution in [0.25, 0.3) is 11.1 Å². The number of hydrogen-bond donors (Lipinski definition) is 2. The molecule has 0 saturated heterocycles. The second kappa shape index (κ2) is 8.29. The molecule has 2 amide bonds. The summed E-state index contributed by atoms with van der Waals surface area (Å²) in [5, 5.41) is 9.96. The lowest BCUT2D eigenvalue weighted by Crippen LogP contribution is -2.29. The first-order valence-electron chi connectivity index (χ1n) is 8.68. The molecule has 134 valence electrons. The van der Waals surface area contributed by atoms with Crippen molar-refractivity contribution in [2.45, 2.75) is 26.9 Å². The van der Waals surface area contributed by atoms with E-state index in [0.29, 0.717) is 18.3 Å². The maximum absolute atomic E-state index is 12.1. The van der Waals surface area contributed by atoms with Crippen LogP contribution in [0.5, 0.6) is 0 Å². The molecule has 0 atom stereocenters. The lowest BCUT2D eigenvalue weighted by molar-refractivity contribution is 0.251. The Labute approximate surface area is 153 Å². The zero-order chi connectivity index (χ0) is 18.4. The molecule has 2 aromatic heterocycles. The predicted octanol–water partition coefficient (Wildman–Crippen LogP) is 3.92. The Balaban J connectivity index is 1.54. The molecule has 0 aliphatic rings. The summed E-state index contributed by atoms with van der Waals surface area (Å²) in [7, 11) is 0. The Bertz CT molecular complexity index is 840. The fraction of sp³-hybridized carbons (Fsp3) is 0.250. The van der Waals surface area contributed by atoms with Crippen molar-refractivity contribution in [1.29, 1.82) is 0 Å². The van der Waals surface area contributed by atoms with E-state index in [1.165, 1.54) is 0 Å². The summed E-state index contributed by atoms with van der Waals surface area (Å²) in [4.78, 5) is 16.2. The number of nitrogens with one attached hydrogen (secondary N) is 2. The van der Waals surface area contributed by atoms with Crippen molar-refractivity contribution in [2.24, 2.45) is 5.92 Å². The molecular weight excluding hydrogens is 326 g/mol. The van der Waals surface area contributed by atoms with Gasteiger partial charge in [0.05, 0.1) is 6.20 Å². The lowest BCUT2D eigenvalue weighted by atomic mass is 10.1. The van der Waals surface area contributed by atoms with Crippen LogP contribution in [0.2, 0.25) is 0 Å². The second-order valence-electron chi connectivity index (χ2n) is 6.53. The second-order valence-corrected chi connectivity index (χ2v) is 6.53. The maximum atomic E-state index is 12.1. The number of carbonyl (C=O) groups excluding carboxylic acids is 1. The molecule has 2 N–H and O–H groups in total. The highest BCUT2D eigenvalue weighted by Gasteiger charge is 2.08. The van der Waals surface area contributed by atoms with Crippen LogP contribution in [-0.4, -0.2) is 20.8 Å². The molecule has 0 radical (unpaired) electrons. The van der Waals surface area contributed by atoms with E-state index in [2.05, 4.69) is 34.6 Å². The third-order valence-electron chi connectivity index (χ3n) is 3.92. The van der Waals surface area contributed by atoms with Gasteiger partial charge in [-0.05, 0) is 34.7 Å². The number of anilines is 1. The minimum Gasteiger partial charge on any atom is -0.334 e. The molecule has 0 unspecified atom stereocenters. The Morgan fingerprint density at radius 1 is 1.00 bits per heavy atom. The van der Waals surface area contributed by atoms with Crippen LogP contribution < -0.4 is 10.6 Å². The standard InChI is InChI=1S/C20H23N5O/c1-15(2)14-25-19(9-12-23-25)24-20(26)22-13-16-3-5-17(6-4-16)18-7-10-21-11-8-18/h3-12,15H,13-14H2,1-2H3,(H2,22,24,26). The monoisotopic (exact) mass is 349 g/mol. The van der Waals surface area contributed by atoms with Gasteiger partial charge in [0, 0.05) is 31.5 Å². The first kappa shape index (κ1) is 17.7. The minimum atomic E-state index is -0.242. The van der Waals surface area contributed by atoms with Crippen molar-refractivity contribution in [3.63, 3.8) is 0 Å². The number of rotatable bonds is 6. The van der Waals surface area contributed by atoms with E-state index >= 15 is 0 Å². The maximum Gasteiger partial charge on any atom is 0.320 e. The third kappa shape index (κ3) is 4.69. The summed E-state index contributed by atoms with van der Waals surface area (Å²) in [6.07, 6.45) is 5.24.